The van der Waals surface area contributed by atoms with Gasteiger partial charge in [0.25, 0.3) is 0 Å². The van der Waals surface area contributed by atoms with E-state index in [0.29, 0.717) is 0 Å². The Bertz CT molecular complexity index is 3200. The molecule has 6 nitrogen and oxygen atoms in total. The van der Waals surface area contributed by atoms with Gasteiger partial charge in [-0.05, 0) is 93.0 Å². The second kappa shape index (κ2) is 12.5. The highest BCUT2D eigenvalue weighted by Crippen LogP contribution is 2.51. The number of para-hydroxylation sites is 4. The van der Waals surface area contributed by atoms with Crippen molar-refractivity contribution in [2.45, 2.75) is 0 Å². The summed E-state index contributed by atoms with van der Waals surface area (Å²) in [4.78, 5) is 25.3. The van der Waals surface area contributed by atoms with Crippen LogP contribution < -0.4 is 9.80 Å². The Balaban J connectivity index is 1.07. The average molecular weight is 815 g/mol. The van der Waals surface area contributed by atoms with Gasteiger partial charge < -0.3 is 0 Å². The fourth-order valence-electron chi connectivity index (χ4n) is 8.47. The van der Waals surface area contributed by atoms with Crippen molar-refractivity contribution in [1.29, 1.82) is 0 Å². The molecular weight excluding hydrogens is 789 g/mol. The van der Waals surface area contributed by atoms with Gasteiger partial charge >= 0.3 is 0 Å². The van der Waals surface area contributed by atoms with Crippen LogP contribution in [0.5, 0.6) is 0 Å². The van der Waals surface area contributed by atoms with E-state index in [2.05, 4.69) is 168 Å². The summed E-state index contributed by atoms with van der Waals surface area (Å²) in [5.41, 5.74) is 6.06. The minimum absolute atomic E-state index is 0.897. The Kier molecular flexibility index (Phi) is 6.99. The van der Waals surface area contributed by atoms with E-state index in [1.807, 2.05) is 0 Å². The Morgan fingerprint density at radius 3 is 0.897 bits per heavy atom. The normalized spacial score (nSPS) is 12.1. The van der Waals surface area contributed by atoms with Gasteiger partial charge in [-0.15, -0.1) is 0 Å². The Hall–Kier alpha value is -6.56. The molecule has 0 aliphatic rings. The molecular formula is C48H26N6S4. The van der Waals surface area contributed by atoms with Crippen molar-refractivity contribution >= 4 is 161 Å². The van der Waals surface area contributed by atoms with Crippen LogP contribution in [0.2, 0.25) is 0 Å². The summed E-state index contributed by atoms with van der Waals surface area (Å²) in [7, 11) is 0. The first-order valence-corrected chi connectivity index (χ1v) is 22.1. The third-order valence-corrected chi connectivity index (χ3v) is 15.1. The number of rotatable bonds is 6. The van der Waals surface area contributed by atoms with Gasteiger partial charge in [0.2, 0.25) is 0 Å². The zero-order valence-corrected chi connectivity index (χ0v) is 33.6. The summed E-state index contributed by atoms with van der Waals surface area (Å²) in [5, 5.41) is 13.2. The number of hydrogen-bond donors (Lipinski definition) is 0. The van der Waals surface area contributed by atoms with E-state index in [0.717, 1.165) is 83.5 Å². The minimum Gasteiger partial charge on any atom is -0.261 e. The van der Waals surface area contributed by atoms with Gasteiger partial charge in [-0.2, -0.15) is 0 Å². The van der Waals surface area contributed by atoms with E-state index in [4.69, 9.17) is 19.9 Å². The Labute approximate surface area is 346 Å². The SMILES string of the molecule is c1ccc2sc(N(c3nc4ccccc4s3)c3ccc4c5ccc(N(c6nc7ccccc7s6)c6nc7ccccc7s6)c6cccc(c7cccc3c74)c65)nc2c1. The lowest BCUT2D eigenvalue weighted by atomic mass is 9.88. The van der Waals surface area contributed by atoms with Crippen LogP contribution in [0.15, 0.2) is 158 Å². The summed E-state index contributed by atoms with van der Waals surface area (Å²) in [6.07, 6.45) is 0. The summed E-state index contributed by atoms with van der Waals surface area (Å²) < 4.78 is 4.59. The van der Waals surface area contributed by atoms with Gasteiger partial charge in [-0.1, -0.05) is 142 Å². The monoisotopic (exact) mass is 814 g/mol. The van der Waals surface area contributed by atoms with Crippen LogP contribution in [0.3, 0.4) is 0 Å². The molecule has 0 aliphatic carbocycles. The predicted molar refractivity (Wildman–Crippen MR) is 250 cm³/mol. The fourth-order valence-corrected chi connectivity index (χ4v) is 12.5. The van der Waals surface area contributed by atoms with Crippen LogP contribution >= 0.6 is 45.3 Å². The number of hydrogen-bond acceptors (Lipinski definition) is 10. The minimum atomic E-state index is 0.897. The Morgan fingerprint density at radius 2 is 0.569 bits per heavy atom. The van der Waals surface area contributed by atoms with E-state index >= 15 is 0 Å². The van der Waals surface area contributed by atoms with Crippen molar-refractivity contribution in [3.05, 3.63) is 158 Å². The summed E-state index contributed by atoms with van der Waals surface area (Å²) >= 11 is 6.79. The summed E-state index contributed by atoms with van der Waals surface area (Å²) in [6, 6.07) is 56.1. The first kappa shape index (κ1) is 32.5. The quantitative estimate of drug-likeness (QED) is 0.123. The maximum Gasteiger partial charge on any atom is 0.197 e. The van der Waals surface area contributed by atoms with Crippen LogP contribution in [0.4, 0.5) is 31.9 Å². The molecule has 58 heavy (non-hydrogen) atoms. The molecule has 4 heterocycles. The van der Waals surface area contributed by atoms with Crippen LogP contribution in [0.25, 0.3) is 84.0 Å². The molecule has 10 heteroatoms. The van der Waals surface area contributed by atoms with E-state index < -0.39 is 0 Å². The summed E-state index contributed by atoms with van der Waals surface area (Å²) in [6.45, 7) is 0. The van der Waals surface area contributed by atoms with Crippen LogP contribution in [0, 0.1) is 0 Å². The van der Waals surface area contributed by atoms with Crippen molar-refractivity contribution in [3.63, 3.8) is 0 Å². The Morgan fingerprint density at radius 1 is 0.276 bits per heavy atom. The molecule has 13 aromatic rings. The van der Waals surface area contributed by atoms with Gasteiger partial charge in [0, 0.05) is 10.8 Å². The van der Waals surface area contributed by atoms with Crippen LogP contribution in [-0.2, 0) is 0 Å². The molecule has 0 saturated heterocycles. The van der Waals surface area contributed by atoms with Crippen molar-refractivity contribution in [3.8, 4) is 0 Å². The zero-order valence-electron chi connectivity index (χ0n) is 30.3. The highest BCUT2D eigenvalue weighted by molar-refractivity contribution is 7.25. The summed E-state index contributed by atoms with van der Waals surface area (Å²) in [5.74, 6) is 0. The molecule has 13 rings (SSSR count). The van der Waals surface area contributed by atoms with E-state index in [9.17, 15) is 0 Å². The average Bonchev–Trinajstić information content (AvgIpc) is 4.08. The van der Waals surface area contributed by atoms with Crippen molar-refractivity contribution < 1.29 is 0 Å². The molecule has 0 aliphatic heterocycles. The number of fused-ring (bicyclic) bond motifs is 6. The zero-order chi connectivity index (χ0) is 37.9. The fraction of sp³-hybridized carbons (Fsp3) is 0. The predicted octanol–water partition coefficient (Wildman–Crippen LogP) is 15.1. The maximum absolute atomic E-state index is 5.19. The first-order chi connectivity index (χ1) is 28.7. The van der Waals surface area contributed by atoms with E-state index in [1.54, 1.807) is 45.3 Å². The molecule has 272 valence electrons. The number of benzene rings is 9. The highest BCUT2D eigenvalue weighted by atomic mass is 32.1. The molecule has 0 saturated carbocycles. The third-order valence-electron chi connectivity index (χ3n) is 11.0. The largest absolute Gasteiger partial charge is 0.261 e. The molecule has 0 amide bonds. The van der Waals surface area contributed by atoms with Gasteiger partial charge in [-0.25, -0.2) is 19.9 Å². The van der Waals surface area contributed by atoms with Gasteiger partial charge in [0.15, 0.2) is 20.5 Å². The standard InChI is InChI=1S/C48H26N6S4/c1-5-19-39-33(15-1)49-45(55-39)53(46-50-34-16-2-6-20-40(34)56-46)37-25-23-29-30-24-26-38(32-14-10-12-28(44(30)32)27-11-9-13-31(37)43(27)29)54(47-51-35-17-3-7-21-41(35)57-47)48-52-36-18-4-8-22-42(36)58-48/h1-26H. The molecule has 0 radical (unpaired) electrons. The first-order valence-electron chi connectivity index (χ1n) is 18.9. The van der Waals surface area contributed by atoms with Crippen LogP contribution in [-0.4, -0.2) is 19.9 Å². The lowest BCUT2D eigenvalue weighted by molar-refractivity contribution is 1.23. The lowest BCUT2D eigenvalue weighted by Crippen LogP contribution is -2.10. The molecule has 4 aromatic heterocycles. The third kappa shape index (κ3) is 4.80. The van der Waals surface area contributed by atoms with E-state index in [1.165, 1.54) is 32.3 Å². The van der Waals surface area contributed by atoms with Crippen LogP contribution in [0.1, 0.15) is 0 Å². The van der Waals surface area contributed by atoms with Crippen molar-refractivity contribution in [1.82, 2.24) is 19.9 Å². The molecule has 9 aromatic carbocycles. The topological polar surface area (TPSA) is 58.0 Å². The van der Waals surface area contributed by atoms with Crippen molar-refractivity contribution in [2.75, 3.05) is 9.80 Å². The van der Waals surface area contributed by atoms with E-state index in [-0.39, 0.29) is 0 Å². The molecule has 0 spiro atoms. The molecule has 0 fully saturated rings. The maximum atomic E-state index is 5.19. The molecule has 0 unspecified atom stereocenters. The number of anilines is 6. The van der Waals surface area contributed by atoms with Gasteiger partial charge in [0.1, 0.15) is 0 Å². The molecule has 0 atom stereocenters. The highest BCUT2D eigenvalue weighted by Gasteiger charge is 2.27. The van der Waals surface area contributed by atoms with Gasteiger partial charge in [-0.3, -0.25) is 9.80 Å². The second-order valence-electron chi connectivity index (χ2n) is 14.2. The smallest absolute Gasteiger partial charge is 0.197 e. The van der Waals surface area contributed by atoms with Gasteiger partial charge in [0.05, 0.1) is 52.2 Å². The number of nitrogens with zero attached hydrogens (tertiary/aromatic N) is 6. The number of aromatic nitrogens is 4. The number of thiazole rings is 4. The second-order valence-corrected chi connectivity index (χ2v) is 18.3. The molecule has 0 bridgehead atoms. The lowest BCUT2D eigenvalue weighted by Gasteiger charge is -2.24. The van der Waals surface area contributed by atoms with Crippen molar-refractivity contribution in [2.24, 2.45) is 0 Å². The molecule has 0 N–H and O–H groups in total.